The average Bonchev–Trinajstić information content (AvgIpc) is 2.69. The number of carbonyl (C=O) groups excluding carboxylic acids is 1. The second-order valence-corrected chi connectivity index (χ2v) is 7.63. The van der Waals surface area contributed by atoms with Gasteiger partial charge in [-0.05, 0) is 26.2 Å². The molecule has 1 aromatic rings. The molecule has 6 nitrogen and oxygen atoms in total. The molecule has 1 heterocycles. The first-order valence-electron chi connectivity index (χ1n) is 6.40. The molecule has 1 amide bonds. The smallest absolute Gasteiger partial charge is 0.280 e. The Morgan fingerprint density at radius 3 is 2.50 bits per heavy atom. The number of rotatable bonds is 6. The monoisotopic (exact) mass is 321 g/mol. The van der Waals surface area contributed by atoms with Crippen LogP contribution in [0.25, 0.3) is 0 Å². The quantitative estimate of drug-likeness (QED) is 0.811. The number of hydrogen-bond acceptors (Lipinski definition) is 4. The Labute approximate surface area is 123 Å². The molecule has 1 unspecified atom stereocenters. The number of aryl methyl sites for hydroxylation is 1. The first kappa shape index (κ1) is 17.0. The highest BCUT2D eigenvalue weighted by Gasteiger charge is 2.21. The zero-order valence-corrected chi connectivity index (χ0v) is 13.6. The highest BCUT2D eigenvalue weighted by Crippen LogP contribution is 2.18. The molecule has 1 rings (SSSR count). The summed E-state index contributed by atoms with van der Waals surface area (Å²) in [7, 11) is 1.36. The van der Waals surface area contributed by atoms with Crippen LogP contribution in [0, 0.1) is 12.8 Å². The number of carbonyl (C=O) groups is 1. The molecule has 0 spiro atoms. The van der Waals surface area contributed by atoms with E-state index in [0.717, 1.165) is 6.42 Å². The Morgan fingerprint density at radius 2 is 2.05 bits per heavy atom. The van der Waals surface area contributed by atoms with E-state index in [1.807, 2.05) is 0 Å². The minimum atomic E-state index is -3.88. The van der Waals surface area contributed by atoms with Crippen molar-refractivity contribution in [2.75, 3.05) is 6.54 Å². The zero-order chi connectivity index (χ0) is 15.5. The van der Waals surface area contributed by atoms with Crippen LogP contribution in [0.2, 0.25) is 0 Å². The van der Waals surface area contributed by atoms with Crippen LogP contribution in [0.3, 0.4) is 0 Å². The summed E-state index contributed by atoms with van der Waals surface area (Å²) in [5.41, 5.74) is 0. The lowest BCUT2D eigenvalue weighted by Gasteiger charge is -2.15. The largest absolute Gasteiger partial charge is 0.354 e. The van der Waals surface area contributed by atoms with Gasteiger partial charge in [0.25, 0.3) is 9.05 Å². The van der Waals surface area contributed by atoms with Gasteiger partial charge in [0, 0.05) is 23.4 Å². The lowest BCUT2D eigenvalue weighted by Crippen LogP contribution is -2.32. The van der Waals surface area contributed by atoms with E-state index >= 15 is 0 Å². The van der Waals surface area contributed by atoms with Gasteiger partial charge in [-0.25, -0.2) is 13.4 Å². The van der Waals surface area contributed by atoms with E-state index < -0.39 is 15.1 Å². The Balaban J connectivity index is 2.79. The van der Waals surface area contributed by atoms with Gasteiger partial charge in [-0.3, -0.25) is 4.79 Å². The van der Waals surface area contributed by atoms with Gasteiger partial charge < -0.3 is 9.88 Å². The van der Waals surface area contributed by atoms with Crippen LogP contribution in [-0.2, 0) is 13.8 Å². The molecule has 1 atom stereocenters. The fourth-order valence-electron chi connectivity index (χ4n) is 1.73. The summed E-state index contributed by atoms with van der Waals surface area (Å²) < 4.78 is 24.0. The zero-order valence-electron chi connectivity index (χ0n) is 12.1. The van der Waals surface area contributed by atoms with Gasteiger partial charge in [0.2, 0.25) is 5.91 Å². The lowest BCUT2D eigenvalue weighted by atomic mass is 10.1. The van der Waals surface area contributed by atoms with Crippen LogP contribution in [0.1, 0.15) is 39.1 Å². The van der Waals surface area contributed by atoms with E-state index in [2.05, 4.69) is 24.1 Å². The summed E-state index contributed by atoms with van der Waals surface area (Å²) in [6, 6.07) is -0.540. The summed E-state index contributed by atoms with van der Waals surface area (Å²) in [5.74, 6) is 0.758. The molecule has 0 bridgehead atoms. The summed E-state index contributed by atoms with van der Waals surface area (Å²) >= 11 is 0. The van der Waals surface area contributed by atoms with Crippen molar-refractivity contribution < 1.29 is 13.2 Å². The molecule has 0 saturated carbocycles. The SMILES string of the molecule is Cc1nc(S(=O)(=O)Cl)cn1C(C)C(=O)NCCC(C)C. The fourth-order valence-corrected chi connectivity index (χ4v) is 2.43. The highest BCUT2D eigenvalue weighted by molar-refractivity contribution is 8.13. The maximum Gasteiger partial charge on any atom is 0.280 e. The van der Waals surface area contributed by atoms with Crippen molar-refractivity contribution in [3.05, 3.63) is 12.0 Å². The molecular weight excluding hydrogens is 302 g/mol. The molecule has 0 fully saturated rings. The minimum Gasteiger partial charge on any atom is -0.354 e. The molecule has 1 N–H and O–H groups in total. The van der Waals surface area contributed by atoms with E-state index in [0.29, 0.717) is 18.3 Å². The Morgan fingerprint density at radius 1 is 1.45 bits per heavy atom. The predicted molar refractivity (Wildman–Crippen MR) is 77.2 cm³/mol. The van der Waals surface area contributed by atoms with Crippen molar-refractivity contribution in [2.45, 2.75) is 45.2 Å². The van der Waals surface area contributed by atoms with Gasteiger partial charge in [-0.15, -0.1) is 0 Å². The fraction of sp³-hybridized carbons (Fsp3) is 0.667. The molecule has 0 saturated heterocycles. The Kier molecular flexibility index (Phi) is 5.59. The number of hydrogen-bond donors (Lipinski definition) is 1. The van der Waals surface area contributed by atoms with Crippen molar-refractivity contribution in [3.8, 4) is 0 Å². The third-order valence-electron chi connectivity index (χ3n) is 2.96. The van der Waals surface area contributed by atoms with E-state index in [1.54, 1.807) is 13.8 Å². The Hall–Kier alpha value is -1.08. The van der Waals surface area contributed by atoms with E-state index in [1.165, 1.54) is 10.8 Å². The van der Waals surface area contributed by atoms with Crippen molar-refractivity contribution in [2.24, 2.45) is 5.92 Å². The summed E-state index contributed by atoms with van der Waals surface area (Å²) in [5, 5.41) is 2.58. The van der Waals surface area contributed by atoms with E-state index in [9.17, 15) is 13.2 Å². The van der Waals surface area contributed by atoms with Crippen LogP contribution in [0.5, 0.6) is 0 Å². The average molecular weight is 322 g/mol. The number of nitrogens with zero attached hydrogens (tertiary/aromatic N) is 2. The normalized spacial score (nSPS) is 13.5. The summed E-state index contributed by atoms with van der Waals surface area (Å²) in [4.78, 5) is 15.9. The van der Waals surface area contributed by atoms with Crippen molar-refractivity contribution in [3.63, 3.8) is 0 Å². The van der Waals surface area contributed by atoms with Gasteiger partial charge in [-0.2, -0.15) is 0 Å². The van der Waals surface area contributed by atoms with E-state index in [4.69, 9.17) is 10.7 Å². The molecule has 20 heavy (non-hydrogen) atoms. The molecule has 114 valence electrons. The van der Waals surface area contributed by atoms with Gasteiger partial charge in [-0.1, -0.05) is 13.8 Å². The predicted octanol–water partition coefficient (Wildman–Crippen LogP) is 1.84. The molecular formula is C12H20ClN3O3S. The molecule has 1 aromatic heterocycles. The first-order valence-corrected chi connectivity index (χ1v) is 8.71. The molecule has 8 heteroatoms. The van der Waals surface area contributed by atoms with Crippen LogP contribution in [0.4, 0.5) is 0 Å². The van der Waals surface area contributed by atoms with Crippen LogP contribution in [0.15, 0.2) is 11.2 Å². The Bertz CT molecular complexity index is 581. The molecule has 0 aliphatic rings. The lowest BCUT2D eigenvalue weighted by molar-refractivity contribution is -0.123. The first-order chi connectivity index (χ1) is 9.12. The topological polar surface area (TPSA) is 81.1 Å². The van der Waals surface area contributed by atoms with Crippen LogP contribution in [-0.4, -0.2) is 30.4 Å². The maximum atomic E-state index is 12.0. The second kappa shape index (κ2) is 6.58. The molecule has 0 aromatic carbocycles. The maximum absolute atomic E-state index is 12.0. The molecule has 0 radical (unpaired) electrons. The van der Waals surface area contributed by atoms with Gasteiger partial charge in [0.15, 0.2) is 5.03 Å². The molecule has 0 aliphatic heterocycles. The second-order valence-electron chi connectivity index (χ2n) is 5.12. The van der Waals surface area contributed by atoms with Gasteiger partial charge in [0.1, 0.15) is 11.9 Å². The van der Waals surface area contributed by atoms with Gasteiger partial charge in [0.05, 0.1) is 0 Å². The summed E-state index contributed by atoms with van der Waals surface area (Å²) in [6.45, 7) is 8.06. The molecule has 0 aliphatic carbocycles. The number of imidazole rings is 1. The summed E-state index contributed by atoms with van der Waals surface area (Å²) in [6.07, 6.45) is 2.17. The standard InChI is InChI=1S/C12H20ClN3O3S/c1-8(2)5-6-14-12(17)9(3)16-7-11(15-10(16)4)20(13,18)19/h7-9H,5-6H2,1-4H3,(H,14,17). The third-order valence-corrected chi connectivity index (χ3v) is 4.13. The number of nitrogens with one attached hydrogen (secondary N) is 1. The van der Waals surface area contributed by atoms with Crippen molar-refractivity contribution >= 4 is 25.6 Å². The van der Waals surface area contributed by atoms with Gasteiger partial charge >= 0.3 is 0 Å². The van der Waals surface area contributed by atoms with E-state index in [-0.39, 0.29) is 10.9 Å². The number of amides is 1. The number of aromatic nitrogens is 2. The van der Waals surface area contributed by atoms with Crippen LogP contribution < -0.4 is 5.32 Å². The third kappa shape index (κ3) is 4.49. The van der Waals surface area contributed by atoms with Crippen molar-refractivity contribution in [1.82, 2.24) is 14.9 Å². The number of halogens is 1. The minimum absolute atomic E-state index is 0.176. The van der Waals surface area contributed by atoms with Crippen LogP contribution >= 0.6 is 10.7 Å². The highest BCUT2D eigenvalue weighted by atomic mass is 35.7. The van der Waals surface area contributed by atoms with Crippen molar-refractivity contribution in [1.29, 1.82) is 0 Å².